The number of amides is 1. The van der Waals surface area contributed by atoms with E-state index in [4.69, 9.17) is 14.5 Å². The Bertz CT molecular complexity index is 1330. The number of para-hydroxylation sites is 2. The van der Waals surface area contributed by atoms with E-state index < -0.39 is 0 Å². The SMILES string of the molecule is COc1ccc(OCCn2c(C3CC(=O)N(c4ccc(C)cc4C)C3)nc3ccccc32)cc1. The van der Waals surface area contributed by atoms with Crippen molar-refractivity contribution in [1.29, 1.82) is 0 Å². The highest BCUT2D eigenvalue weighted by Crippen LogP contribution is 2.34. The fourth-order valence-electron chi connectivity index (χ4n) is 4.79. The van der Waals surface area contributed by atoms with E-state index in [1.54, 1.807) is 7.11 Å². The van der Waals surface area contributed by atoms with Crippen molar-refractivity contribution in [3.8, 4) is 11.5 Å². The van der Waals surface area contributed by atoms with Crippen molar-refractivity contribution < 1.29 is 14.3 Å². The van der Waals surface area contributed by atoms with Gasteiger partial charge in [-0.25, -0.2) is 4.98 Å². The lowest BCUT2D eigenvalue weighted by atomic mass is 10.1. The molecular weight excluding hydrogens is 426 g/mol. The summed E-state index contributed by atoms with van der Waals surface area (Å²) >= 11 is 0. The third kappa shape index (κ3) is 4.23. The summed E-state index contributed by atoms with van der Waals surface area (Å²) < 4.78 is 13.4. The summed E-state index contributed by atoms with van der Waals surface area (Å²) in [7, 11) is 1.65. The number of hydrogen-bond acceptors (Lipinski definition) is 4. The van der Waals surface area contributed by atoms with Crippen molar-refractivity contribution in [3.05, 3.63) is 83.7 Å². The zero-order valence-electron chi connectivity index (χ0n) is 19.8. The average molecular weight is 456 g/mol. The second-order valence-corrected chi connectivity index (χ2v) is 8.83. The van der Waals surface area contributed by atoms with Gasteiger partial charge >= 0.3 is 0 Å². The molecule has 2 heterocycles. The number of aryl methyl sites for hydroxylation is 2. The van der Waals surface area contributed by atoms with Crippen LogP contribution in [0.5, 0.6) is 11.5 Å². The van der Waals surface area contributed by atoms with Crippen LogP contribution in [-0.2, 0) is 11.3 Å². The van der Waals surface area contributed by atoms with E-state index in [-0.39, 0.29) is 11.8 Å². The number of benzene rings is 3. The summed E-state index contributed by atoms with van der Waals surface area (Å²) in [5, 5.41) is 0. The maximum atomic E-state index is 13.0. The summed E-state index contributed by atoms with van der Waals surface area (Å²) in [5.74, 6) is 2.71. The van der Waals surface area contributed by atoms with E-state index in [1.807, 2.05) is 47.4 Å². The van der Waals surface area contributed by atoms with E-state index in [9.17, 15) is 4.79 Å². The van der Waals surface area contributed by atoms with E-state index in [0.29, 0.717) is 26.1 Å². The van der Waals surface area contributed by atoms with Crippen LogP contribution < -0.4 is 14.4 Å². The Morgan fingerprint density at radius 1 is 1.00 bits per heavy atom. The van der Waals surface area contributed by atoms with Crippen LogP contribution in [0.4, 0.5) is 5.69 Å². The molecule has 1 aromatic heterocycles. The summed E-state index contributed by atoms with van der Waals surface area (Å²) in [4.78, 5) is 19.9. The quantitative estimate of drug-likeness (QED) is 0.381. The molecule has 0 saturated carbocycles. The summed E-state index contributed by atoms with van der Waals surface area (Å²) in [6, 6.07) is 22.0. The first-order chi connectivity index (χ1) is 16.5. The highest BCUT2D eigenvalue weighted by molar-refractivity contribution is 5.97. The Balaban J connectivity index is 1.38. The van der Waals surface area contributed by atoms with Crippen LogP contribution in [0.1, 0.15) is 29.3 Å². The van der Waals surface area contributed by atoms with Crippen LogP contribution in [0.15, 0.2) is 66.7 Å². The molecule has 174 valence electrons. The summed E-state index contributed by atoms with van der Waals surface area (Å²) in [5.41, 5.74) is 5.31. The second kappa shape index (κ2) is 9.21. The molecule has 0 radical (unpaired) electrons. The van der Waals surface area contributed by atoms with Crippen molar-refractivity contribution in [2.45, 2.75) is 32.7 Å². The van der Waals surface area contributed by atoms with Crippen molar-refractivity contribution in [3.63, 3.8) is 0 Å². The minimum Gasteiger partial charge on any atom is -0.497 e. The number of imidazole rings is 1. The van der Waals surface area contributed by atoms with Gasteiger partial charge in [0.1, 0.15) is 23.9 Å². The first-order valence-corrected chi connectivity index (χ1v) is 11.6. The third-order valence-corrected chi connectivity index (χ3v) is 6.46. The minimum atomic E-state index is 0.0292. The molecule has 4 aromatic rings. The van der Waals surface area contributed by atoms with Crippen LogP contribution in [0, 0.1) is 13.8 Å². The van der Waals surface area contributed by atoms with Gasteiger partial charge in [-0.1, -0.05) is 29.8 Å². The number of ether oxygens (including phenoxy) is 2. The number of rotatable bonds is 7. The van der Waals surface area contributed by atoms with Gasteiger partial charge in [-0.2, -0.15) is 0 Å². The molecule has 34 heavy (non-hydrogen) atoms. The number of methoxy groups -OCH3 is 1. The number of carbonyl (C=O) groups excluding carboxylic acids is 1. The van der Waals surface area contributed by atoms with Crippen molar-refractivity contribution in [1.82, 2.24) is 9.55 Å². The molecule has 1 atom stereocenters. The number of carbonyl (C=O) groups is 1. The van der Waals surface area contributed by atoms with Crippen molar-refractivity contribution >= 4 is 22.6 Å². The van der Waals surface area contributed by atoms with E-state index in [0.717, 1.165) is 39.6 Å². The third-order valence-electron chi connectivity index (χ3n) is 6.46. The predicted octanol–water partition coefficient (Wildman–Crippen LogP) is 5.26. The molecule has 1 amide bonds. The van der Waals surface area contributed by atoms with Gasteiger partial charge in [-0.05, 0) is 61.9 Å². The average Bonchev–Trinajstić information content (AvgIpc) is 3.40. The van der Waals surface area contributed by atoms with Gasteiger partial charge in [0.2, 0.25) is 5.91 Å². The molecular formula is C28H29N3O3. The van der Waals surface area contributed by atoms with Crippen LogP contribution in [0.2, 0.25) is 0 Å². The molecule has 1 aliphatic rings. The predicted molar refractivity (Wildman–Crippen MR) is 134 cm³/mol. The van der Waals surface area contributed by atoms with Gasteiger partial charge in [0.05, 0.1) is 24.7 Å². The fraction of sp³-hybridized carbons (Fsp3) is 0.286. The lowest BCUT2D eigenvalue weighted by molar-refractivity contribution is -0.117. The lowest BCUT2D eigenvalue weighted by Gasteiger charge is -2.20. The molecule has 6 heteroatoms. The molecule has 5 rings (SSSR count). The molecule has 1 unspecified atom stereocenters. The summed E-state index contributed by atoms with van der Waals surface area (Å²) in [6.07, 6.45) is 0.454. The maximum Gasteiger partial charge on any atom is 0.227 e. The topological polar surface area (TPSA) is 56.6 Å². The molecule has 1 saturated heterocycles. The smallest absolute Gasteiger partial charge is 0.227 e. The molecule has 0 N–H and O–H groups in total. The Labute approximate surface area is 199 Å². The van der Waals surface area contributed by atoms with Gasteiger partial charge in [0.15, 0.2) is 0 Å². The van der Waals surface area contributed by atoms with E-state index in [1.165, 1.54) is 5.56 Å². The van der Waals surface area contributed by atoms with E-state index in [2.05, 4.69) is 42.7 Å². The van der Waals surface area contributed by atoms with Crippen LogP contribution >= 0.6 is 0 Å². The number of fused-ring (bicyclic) bond motifs is 1. The highest BCUT2D eigenvalue weighted by atomic mass is 16.5. The van der Waals surface area contributed by atoms with Crippen LogP contribution in [0.25, 0.3) is 11.0 Å². The van der Waals surface area contributed by atoms with Crippen LogP contribution in [0.3, 0.4) is 0 Å². The van der Waals surface area contributed by atoms with Gasteiger partial charge in [-0.15, -0.1) is 0 Å². The first-order valence-electron chi connectivity index (χ1n) is 11.6. The number of aromatic nitrogens is 2. The van der Waals surface area contributed by atoms with Gasteiger partial charge in [0, 0.05) is 24.6 Å². The monoisotopic (exact) mass is 455 g/mol. The largest absolute Gasteiger partial charge is 0.497 e. The Kier molecular flexibility index (Phi) is 5.97. The van der Waals surface area contributed by atoms with Crippen molar-refractivity contribution in [2.24, 2.45) is 0 Å². The Hall–Kier alpha value is -3.80. The van der Waals surface area contributed by atoms with Crippen molar-refractivity contribution in [2.75, 3.05) is 25.2 Å². The number of anilines is 1. The number of nitrogens with zero attached hydrogens (tertiary/aromatic N) is 3. The molecule has 1 fully saturated rings. The molecule has 1 aliphatic heterocycles. The van der Waals surface area contributed by atoms with Gasteiger partial charge in [-0.3, -0.25) is 4.79 Å². The molecule has 6 nitrogen and oxygen atoms in total. The van der Waals surface area contributed by atoms with Gasteiger partial charge < -0.3 is 18.9 Å². The maximum absolute atomic E-state index is 13.0. The standard InChI is InChI=1S/C28H29N3O3/c1-19-8-13-25(20(2)16-19)31-18-21(17-27(31)32)28-29-24-6-4-5-7-26(24)30(28)14-15-34-23-11-9-22(33-3)10-12-23/h4-13,16,21H,14-15,17-18H2,1-3H3. The molecule has 0 aliphatic carbocycles. The molecule has 3 aromatic carbocycles. The highest BCUT2D eigenvalue weighted by Gasteiger charge is 2.35. The number of hydrogen-bond donors (Lipinski definition) is 0. The lowest BCUT2D eigenvalue weighted by Crippen LogP contribution is -2.25. The minimum absolute atomic E-state index is 0.0292. The Morgan fingerprint density at radius 2 is 1.76 bits per heavy atom. The van der Waals surface area contributed by atoms with Crippen LogP contribution in [-0.4, -0.2) is 35.7 Å². The first kappa shape index (κ1) is 22.0. The van der Waals surface area contributed by atoms with E-state index >= 15 is 0 Å². The normalized spacial score (nSPS) is 15.8. The second-order valence-electron chi connectivity index (χ2n) is 8.83. The van der Waals surface area contributed by atoms with Gasteiger partial charge in [0.25, 0.3) is 0 Å². The molecule has 0 bridgehead atoms. The zero-order chi connectivity index (χ0) is 23.7. The molecule has 0 spiro atoms. The fourth-order valence-corrected chi connectivity index (χ4v) is 4.79. The zero-order valence-corrected chi connectivity index (χ0v) is 19.8. The summed E-state index contributed by atoms with van der Waals surface area (Å²) in [6.45, 7) is 5.92. The Morgan fingerprint density at radius 3 is 2.53 bits per heavy atom.